The van der Waals surface area contributed by atoms with Crippen molar-refractivity contribution in [1.82, 2.24) is 42.5 Å². The van der Waals surface area contributed by atoms with Crippen molar-refractivity contribution < 1.29 is 121 Å². The molecule has 0 radical (unpaired) electrons. The van der Waals surface area contributed by atoms with Gasteiger partial charge in [-0.25, -0.2) is 32.9 Å². The summed E-state index contributed by atoms with van der Waals surface area (Å²) in [5, 5.41) is 98.2. The highest BCUT2D eigenvalue weighted by molar-refractivity contribution is 8.00. The number of phenols is 1. The second kappa shape index (κ2) is 36.1. The summed E-state index contributed by atoms with van der Waals surface area (Å²) in [4.78, 5) is 179. The second-order valence-electron chi connectivity index (χ2n) is 24.4. The van der Waals surface area contributed by atoms with Gasteiger partial charge in [0.25, 0.3) is 0 Å². The van der Waals surface area contributed by atoms with Crippen molar-refractivity contribution >= 4 is 106 Å². The van der Waals surface area contributed by atoms with Gasteiger partial charge in [-0.15, -0.1) is 11.8 Å². The van der Waals surface area contributed by atoms with E-state index < -0.39 is 216 Å². The van der Waals surface area contributed by atoms with Crippen LogP contribution in [-0.2, 0) is 70.3 Å². The Morgan fingerprint density at radius 3 is 1.87 bits per heavy atom. The van der Waals surface area contributed by atoms with Crippen molar-refractivity contribution in [2.24, 2.45) is 5.73 Å². The zero-order chi connectivity index (χ0) is 76.5. The average molecular weight is 1480 g/mol. The standard InChI is InChI=1S/C68H72F2N10O24S/c69-38-23-36-49(26-47(38)81)103-50-27-48(82)39(70)24-37(50)57(36)34-14-13-33(22-35(34)64(94)95)80-54(85)28-51(63(80)93)105-30-46(67(100)101)76-61(92)45(25-56(88)89)77-62-58(104-62)40(71)29-73-59(90)43(20-31-8-3-1-4-9-31)75-60(91)44(21-32-10-5-2-6-11-32)74-53(84)12-7-19-72-52(83)17-15-41(65(96)97)78-68(102)79-42(66(98)99)16-18-55(86)87/h1-6,8-11,13-14,22-24,26-27,40-46,51,58,61-62,76-77,81,92H,7,12,15-21,25,28-30,71H2,(H,72,83)(H,73,90)(H,74,84)(H,75,91)(H,86,87)(H,88,89)(H,94,95)(H,96,97)(H,98,99)(H,100,101)(H2,78,79,102)/t40-,41-,42-,43?,44-,45-,46-,51?,58?,61?,62?/m0/s1. The molecule has 0 saturated carbocycles. The first-order valence-electron chi connectivity index (χ1n) is 32.3. The SMILES string of the molecule is N[C@@H](CNC(=O)C(Cc1ccccc1)NC(=O)[C@H](Cc1ccccc1)NC(=O)CCCNC(=O)CC[C@H](NC(=O)N[C@@H](CCC(=O)O)C(=O)O)C(=O)O)C1OC1N[C@@H](CC(=O)O)C(O)N[C@@H](CSC1CC(=O)N(c2ccc(-c3c4cc(F)c(=O)cc-4oc4cc(O)c(F)cc34)c(C(=O)O)c2)C1=O)C(=O)O. The molecule has 3 heterocycles. The minimum absolute atomic E-state index is 0.0185. The Balaban J connectivity index is 0.841. The lowest BCUT2D eigenvalue weighted by Crippen LogP contribution is -2.57. The average Bonchev–Trinajstić information content (AvgIpc) is 1.24. The van der Waals surface area contributed by atoms with Gasteiger partial charge in [0.1, 0.15) is 60.1 Å². The number of hydrogen-bond donors (Lipinski definition) is 17. The van der Waals surface area contributed by atoms with E-state index in [1.165, 1.54) is 6.07 Å². The summed E-state index contributed by atoms with van der Waals surface area (Å²) in [5.41, 5.74) is 4.93. The molecule has 18 N–H and O–H groups in total. The number of aromatic carboxylic acids is 1. The Morgan fingerprint density at radius 2 is 1.27 bits per heavy atom. The molecule has 0 spiro atoms. The van der Waals surface area contributed by atoms with E-state index in [0.717, 1.165) is 36.4 Å². The van der Waals surface area contributed by atoms with Crippen molar-refractivity contribution in [2.45, 2.75) is 130 Å². The van der Waals surface area contributed by atoms with E-state index in [1.807, 2.05) is 10.6 Å². The van der Waals surface area contributed by atoms with Gasteiger partial charge in [0.05, 0.1) is 35.0 Å². The van der Waals surface area contributed by atoms with Crippen LogP contribution in [0.5, 0.6) is 5.75 Å². The molecule has 4 aliphatic rings. The fourth-order valence-electron chi connectivity index (χ4n) is 11.3. The van der Waals surface area contributed by atoms with E-state index in [-0.39, 0.29) is 77.9 Å². The van der Waals surface area contributed by atoms with Crippen molar-refractivity contribution in [2.75, 3.05) is 23.7 Å². The zero-order valence-corrected chi connectivity index (χ0v) is 56.0. The summed E-state index contributed by atoms with van der Waals surface area (Å²) in [6.07, 6.45) is -7.72. The molecule has 558 valence electrons. The number of carbonyl (C=O) groups is 13. The number of hydrogen-bond acceptors (Lipinski definition) is 22. The second-order valence-corrected chi connectivity index (χ2v) is 25.6. The number of epoxide rings is 1. The van der Waals surface area contributed by atoms with Gasteiger partial charge in [-0.2, -0.15) is 0 Å². The van der Waals surface area contributed by atoms with E-state index in [1.54, 1.807) is 60.7 Å². The van der Waals surface area contributed by atoms with Gasteiger partial charge in [0, 0.05) is 86.0 Å². The van der Waals surface area contributed by atoms with Crippen LogP contribution >= 0.6 is 11.8 Å². The Hall–Kier alpha value is -11.5. The van der Waals surface area contributed by atoms with E-state index in [9.17, 15) is 112 Å². The molecule has 11 atom stereocenters. The number of aliphatic hydroxyl groups is 1. The fourth-order valence-corrected chi connectivity index (χ4v) is 12.5. The number of urea groups is 1. The number of carbonyl (C=O) groups excluding carboxylic acids is 7. The third-order valence-corrected chi connectivity index (χ3v) is 18.0. The molecule has 105 heavy (non-hydrogen) atoms. The minimum Gasteiger partial charge on any atom is -0.505 e. The Bertz CT molecular complexity index is 4330. The summed E-state index contributed by atoms with van der Waals surface area (Å²) in [5.74, 6) is -17.8. The summed E-state index contributed by atoms with van der Waals surface area (Å²) >= 11 is 0.664. The number of imide groups is 1. The van der Waals surface area contributed by atoms with Crippen LogP contribution in [0, 0.1) is 11.6 Å². The Kier molecular flexibility index (Phi) is 27.2. The summed E-state index contributed by atoms with van der Waals surface area (Å²) in [6.45, 7) is -0.421. The highest BCUT2D eigenvalue weighted by Gasteiger charge is 2.47. The van der Waals surface area contributed by atoms with Gasteiger partial charge < -0.3 is 87.6 Å². The van der Waals surface area contributed by atoms with Gasteiger partial charge in [-0.05, 0) is 60.2 Å². The molecule has 0 bridgehead atoms. The maximum atomic E-state index is 14.9. The molecular weight excluding hydrogens is 1410 g/mol. The molecule has 2 fully saturated rings. The predicted molar refractivity (Wildman–Crippen MR) is 363 cm³/mol. The number of anilines is 1. The number of carboxylic acid groups (broad SMARTS) is 6. The number of halogens is 2. The molecule has 4 aromatic carbocycles. The normalized spacial score (nSPS) is 17.0. The largest absolute Gasteiger partial charge is 0.505 e. The van der Waals surface area contributed by atoms with Crippen molar-refractivity contribution in [1.29, 1.82) is 0 Å². The van der Waals surface area contributed by atoms with Crippen LogP contribution in [0.25, 0.3) is 33.4 Å². The van der Waals surface area contributed by atoms with Gasteiger partial charge >= 0.3 is 41.8 Å². The van der Waals surface area contributed by atoms with E-state index in [0.29, 0.717) is 27.8 Å². The number of nitrogens with zero attached hydrogens (tertiary/aromatic N) is 1. The summed E-state index contributed by atoms with van der Waals surface area (Å²) in [7, 11) is 0. The Labute approximate surface area is 596 Å². The van der Waals surface area contributed by atoms with E-state index in [2.05, 4.69) is 31.9 Å². The van der Waals surface area contributed by atoms with Crippen molar-refractivity contribution in [3.8, 4) is 28.2 Å². The number of ether oxygens (including phenoxy) is 1. The van der Waals surface area contributed by atoms with Crippen LogP contribution in [0.1, 0.15) is 72.9 Å². The number of nitrogens with two attached hydrogens (primary N) is 1. The third kappa shape index (κ3) is 21.8. The smallest absolute Gasteiger partial charge is 0.336 e. The van der Waals surface area contributed by atoms with Crippen molar-refractivity contribution in [3.63, 3.8) is 0 Å². The van der Waals surface area contributed by atoms with Crippen LogP contribution in [0.2, 0.25) is 0 Å². The molecule has 1 aliphatic carbocycles. The molecule has 8 amide bonds. The molecule has 34 nitrogen and oxygen atoms in total. The summed E-state index contributed by atoms with van der Waals surface area (Å²) in [6, 6.07) is 12.1. The fraction of sp³-hybridized carbons (Fsp3) is 0.353. The van der Waals surface area contributed by atoms with E-state index >= 15 is 0 Å². The number of aliphatic hydroxyl groups excluding tert-OH is 1. The molecular formula is C68H72F2N10O24S. The minimum atomic E-state index is -1.97. The molecule has 5 unspecified atom stereocenters. The maximum absolute atomic E-state index is 14.9. The molecule has 37 heteroatoms. The predicted octanol–water partition coefficient (Wildman–Crippen LogP) is 0.776. The molecule has 0 aromatic heterocycles. The molecule has 3 aliphatic heterocycles. The molecule has 2 saturated heterocycles. The van der Waals surface area contributed by atoms with Crippen molar-refractivity contribution in [3.05, 3.63) is 142 Å². The van der Waals surface area contributed by atoms with E-state index in [4.69, 9.17) is 20.0 Å². The number of amides is 8. The first-order chi connectivity index (χ1) is 49.8. The first-order valence-corrected chi connectivity index (χ1v) is 33.4. The number of aliphatic carboxylic acids is 5. The summed E-state index contributed by atoms with van der Waals surface area (Å²) < 4.78 is 41.0. The highest BCUT2D eigenvalue weighted by Crippen LogP contribution is 2.44. The number of phenolic OH excluding ortho intramolecular Hbond substituents is 1. The number of aromatic hydroxyl groups is 1. The number of thioether (sulfide) groups is 1. The zero-order valence-electron chi connectivity index (χ0n) is 55.2. The topological polar surface area (TPSA) is 552 Å². The third-order valence-electron chi connectivity index (χ3n) is 16.7. The number of fused-ring (bicyclic) bond motifs is 2. The lowest BCUT2D eigenvalue weighted by molar-refractivity contribution is -0.142. The van der Waals surface area contributed by atoms with Gasteiger partial charge in [0.15, 0.2) is 17.4 Å². The monoisotopic (exact) mass is 1480 g/mol. The van der Waals surface area contributed by atoms with Crippen LogP contribution in [-0.4, -0.2) is 203 Å². The number of rotatable bonds is 39. The van der Waals surface area contributed by atoms with Gasteiger partial charge in [-0.1, -0.05) is 66.7 Å². The molecule has 8 rings (SSSR count). The number of carboxylic acids is 6. The first kappa shape index (κ1) is 79.2. The van der Waals surface area contributed by atoms with Crippen LogP contribution in [0.3, 0.4) is 0 Å². The van der Waals surface area contributed by atoms with Crippen LogP contribution in [0.15, 0.2) is 112 Å². The Morgan fingerprint density at radius 1 is 0.648 bits per heavy atom. The van der Waals surface area contributed by atoms with Gasteiger partial charge in [-0.3, -0.25) is 58.6 Å². The highest BCUT2D eigenvalue weighted by atomic mass is 32.2. The maximum Gasteiger partial charge on any atom is 0.336 e. The number of nitrogens with one attached hydrogen (secondary N) is 8. The van der Waals surface area contributed by atoms with Crippen LogP contribution < -0.4 is 58.6 Å². The quantitative estimate of drug-likeness (QED) is 0.00833. The lowest BCUT2D eigenvalue weighted by Gasteiger charge is -2.26. The molecule has 4 aromatic rings. The number of benzene rings is 5. The van der Waals surface area contributed by atoms with Crippen LogP contribution in [0.4, 0.5) is 19.3 Å². The lowest BCUT2D eigenvalue weighted by atomic mass is 9.90. The van der Waals surface area contributed by atoms with Gasteiger partial charge in [0.2, 0.25) is 40.9 Å².